The maximum atomic E-state index is 11.4. The molecule has 1 saturated heterocycles. The second kappa shape index (κ2) is 4.08. The standard InChI is InChI=1S/C7H13BN2O4/c1-4(9)7(12)10-3-5(11)2-6(10)8(13)14/h4,6,13-14H,2-3,9H2,1H3/t4-,6-/m0/s1. The van der Waals surface area contributed by atoms with Crippen LogP contribution in [-0.4, -0.2) is 52.3 Å². The minimum atomic E-state index is -1.69. The molecule has 0 aliphatic carbocycles. The van der Waals surface area contributed by atoms with Crippen LogP contribution in [0.25, 0.3) is 0 Å². The fourth-order valence-corrected chi connectivity index (χ4v) is 1.48. The van der Waals surface area contributed by atoms with Crippen molar-refractivity contribution in [3.8, 4) is 0 Å². The number of nitrogens with two attached hydrogens (primary N) is 1. The van der Waals surface area contributed by atoms with Gasteiger partial charge in [0.25, 0.3) is 0 Å². The van der Waals surface area contributed by atoms with Gasteiger partial charge in [0, 0.05) is 6.42 Å². The van der Waals surface area contributed by atoms with Crippen LogP contribution >= 0.6 is 0 Å². The number of likely N-dealkylation sites (tertiary alicyclic amines) is 1. The molecule has 0 unspecified atom stereocenters. The summed E-state index contributed by atoms with van der Waals surface area (Å²) in [5, 5.41) is 17.9. The lowest BCUT2D eigenvalue weighted by Gasteiger charge is -2.24. The van der Waals surface area contributed by atoms with E-state index in [9.17, 15) is 9.59 Å². The highest BCUT2D eigenvalue weighted by Gasteiger charge is 2.41. The Hall–Kier alpha value is -0.915. The first-order valence-corrected chi connectivity index (χ1v) is 4.37. The van der Waals surface area contributed by atoms with Gasteiger partial charge in [0.1, 0.15) is 0 Å². The van der Waals surface area contributed by atoms with E-state index >= 15 is 0 Å². The molecule has 1 aliphatic heterocycles. The molecule has 0 aromatic rings. The lowest BCUT2D eigenvalue weighted by molar-refractivity contribution is -0.133. The average molecular weight is 200 g/mol. The molecule has 0 aromatic carbocycles. The maximum absolute atomic E-state index is 11.4. The molecular weight excluding hydrogens is 187 g/mol. The van der Waals surface area contributed by atoms with Crippen molar-refractivity contribution in [1.29, 1.82) is 0 Å². The molecular formula is C7H13BN2O4. The summed E-state index contributed by atoms with van der Waals surface area (Å²) in [6.07, 6.45) is -0.0177. The topological polar surface area (TPSA) is 104 Å². The normalized spacial score (nSPS) is 23.9. The van der Waals surface area contributed by atoms with Crippen molar-refractivity contribution in [1.82, 2.24) is 4.90 Å². The van der Waals surface area contributed by atoms with E-state index in [0.29, 0.717) is 0 Å². The predicted molar refractivity (Wildman–Crippen MR) is 49.0 cm³/mol. The van der Waals surface area contributed by atoms with Gasteiger partial charge in [0.2, 0.25) is 5.91 Å². The molecule has 2 atom stereocenters. The fourth-order valence-electron chi connectivity index (χ4n) is 1.48. The van der Waals surface area contributed by atoms with E-state index in [4.69, 9.17) is 15.8 Å². The van der Waals surface area contributed by atoms with Gasteiger partial charge in [0.15, 0.2) is 5.78 Å². The Balaban J connectivity index is 2.76. The fraction of sp³-hybridized carbons (Fsp3) is 0.714. The predicted octanol–water partition coefficient (Wildman–Crippen LogP) is -2.48. The summed E-state index contributed by atoms with van der Waals surface area (Å²) in [7, 11) is -1.69. The molecule has 14 heavy (non-hydrogen) atoms. The first-order valence-electron chi connectivity index (χ1n) is 4.37. The maximum Gasteiger partial charge on any atom is 0.476 e. The van der Waals surface area contributed by atoms with Crippen LogP contribution in [0, 0.1) is 0 Å². The number of Topliss-reactive ketones (excluding diaryl/α,β-unsaturated/α-hetero) is 1. The van der Waals surface area contributed by atoms with Gasteiger partial charge in [-0.3, -0.25) is 9.59 Å². The van der Waals surface area contributed by atoms with Crippen LogP contribution in [0.1, 0.15) is 13.3 Å². The highest BCUT2D eigenvalue weighted by atomic mass is 16.4. The zero-order valence-corrected chi connectivity index (χ0v) is 7.88. The zero-order valence-electron chi connectivity index (χ0n) is 7.88. The summed E-state index contributed by atoms with van der Waals surface area (Å²) in [5.74, 6) is -1.47. The lowest BCUT2D eigenvalue weighted by Crippen LogP contribution is -2.50. The molecule has 7 heteroatoms. The van der Waals surface area contributed by atoms with E-state index in [1.165, 1.54) is 6.92 Å². The quantitative estimate of drug-likeness (QED) is 0.428. The number of hydrogen-bond donors (Lipinski definition) is 3. The third-order valence-electron chi connectivity index (χ3n) is 2.20. The van der Waals surface area contributed by atoms with Gasteiger partial charge in [0.05, 0.1) is 18.5 Å². The number of rotatable bonds is 2. The van der Waals surface area contributed by atoms with Gasteiger partial charge in [-0.05, 0) is 6.92 Å². The molecule has 0 radical (unpaired) electrons. The number of nitrogens with zero attached hydrogens (tertiary/aromatic N) is 1. The van der Waals surface area contributed by atoms with Crippen molar-refractivity contribution in [3.63, 3.8) is 0 Å². The molecule has 4 N–H and O–H groups in total. The number of carbonyl (C=O) groups is 2. The number of hydrogen-bond acceptors (Lipinski definition) is 5. The van der Waals surface area contributed by atoms with Gasteiger partial charge >= 0.3 is 7.12 Å². The average Bonchev–Trinajstić information content (AvgIpc) is 2.45. The van der Waals surface area contributed by atoms with E-state index < -0.39 is 25.0 Å². The molecule has 78 valence electrons. The molecule has 1 aliphatic rings. The molecule has 6 nitrogen and oxygen atoms in total. The van der Waals surface area contributed by atoms with Gasteiger partial charge in [-0.25, -0.2) is 0 Å². The lowest BCUT2D eigenvalue weighted by atomic mass is 9.77. The Kier molecular flexibility index (Phi) is 3.25. The second-order valence-electron chi connectivity index (χ2n) is 3.48. The van der Waals surface area contributed by atoms with Crippen molar-refractivity contribution >= 4 is 18.8 Å². The number of carbonyl (C=O) groups excluding carboxylic acids is 2. The Morgan fingerprint density at radius 3 is 2.71 bits per heavy atom. The molecule has 0 aromatic heterocycles. The van der Waals surface area contributed by atoms with Crippen LogP contribution in [0.15, 0.2) is 0 Å². The van der Waals surface area contributed by atoms with Crippen LogP contribution in [0.4, 0.5) is 0 Å². The molecule has 0 spiro atoms. The zero-order chi connectivity index (χ0) is 10.9. The van der Waals surface area contributed by atoms with E-state index in [-0.39, 0.29) is 18.7 Å². The Labute approximate surface area is 81.8 Å². The van der Waals surface area contributed by atoms with E-state index in [0.717, 1.165) is 4.90 Å². The highest BCUT2D eigenvalue weighted by Crippen LogP contribution is 2.16. The summed E-state index contributed by atoms with van der Waals surface area (Å²) in [6.45, 7) is 1.41. The van der Waals surface area contributed by atoms with Crippen LogP contribution in [-0.2, 0) is 9.59 Å². The highest BCUT2D eigenvalue weighted by molar-refractivity contribution is 6.44. The summed E-state index contributed by atoms with van der Waals surface area (Å²) in [5.41, 5.74) is 5.36. The molecule has 1 rings (SSSR count). The SMILES string of the molecule is C[C@H](N)C(=O)N1CC(=O)C[C@H]1B(O)O. The second-order valence-corrected chi connectivity index (χ2v) is 3.48. The van der Waals surface area contributed by atoms with Gasteiger partial charge in [-0.1, -0.05) is 0 Å². The van der Waals surface area contributed by atoms with Crippen molar-refractivity contribution in [3.05, 3.63) is 0 Å². The molecule has 0 saturated carbocycles. The van der Waals surface area contributed by atoms with Gasteiger partial charge < -0.3 is 20.7 Å². The monoisotopic (exact) mass is 200 g/mol. The smallest absolute Gasteiger partial charge is 0.426 e. The Morgan fingerprint density at radius 1 is 1.71 bits per heavy atom. The number of ketones is 1. The minimum Gasteiger partial charge on any atom is -0.426 e. The van der Waals surface area contributed by atoms with Crippen LogP contribution < -0.4 is 5.73 Å². The Morgan fingerprint density at radius 2 is 2.29 bits per heavy atom. The third-order valence-corrected chi connectivity index (χ3v) is 2.20. The van der Waals surface area contributed by atoms with Gasteiger partial charge in [-0.2, -0.15) is 0 Å². The number of amides is 1. The molecule has 1 amide bonds. The van der Waals surface area contributed by atoms with Crippen molar-refractivity contribution in [2.75, 3.05) is 6.54 Å². The van der Waals surface area contributed by atoms with Crippen molar-refractivity contribution in [2.24, 2.45) is 5.73 Å². The minimum absolute atomic E-state index is 0.0177. The van der Waals surface area contributed by atoms with Crippen LogP contribution in [0.3, 0.4) is 0 Å². The summed E-state index contributed by atoms with van der Waals surface area (Å²) < 4.78 is 0. The first-order chi connectivity index (χ1) is 6.43. The Bertz CT molecular complexity index is 256. The summed E-state index contributed by atoms with van der Waals surface area (Å²) in [6, 6.07) is -0.734. The van der Waals surface area contributed by atoms with Crippen LogP contribution in [0.2, 0.25) is 0 Å². The largest absolute Gasteiger partial charge is 0.476 e. The first kappa shape index (κ1) is 11.2. The summed E-state index contributed by atoms with van der Waals surface area (Å²) in [4.78, 5) is 23.6. The third kappa shape index (κ3) is 2.12. The molecule has 0 bridgehead atoms. The van der Waals surface area contributed by atoms with Crippen molar-refractivity contribution in [2.45, 2.75) is 25.3 Å². The van der Waals surface area contributed by atoms with E-state index in [1.54, 1.807) is 0 Å². The van der Waals surface area contributed by atoms with Crippen molar-refractivity contribution < 1.29 is 19.6 Å². The summed E-state index contributed by atoms with van der Waals surface area (Å²) >= 11 is 0. The molecule has 1 heterocycles. The molecule has 1 fully saturated rings. The van der Waals surface area contributed by atoms with E-state index in [1.807, 2.05) is 0 Å². The van der Waals surface area contributed by atoms with Gasteiger partial charge in [-0.15, -0.1) is 0 Å². The van der Waals surface area contributed by atoms with Crippen LogP contribution in [0.5, 0.6) is 0 Å². The van der Waals surface area contributed by atoms with E-state index in [2.05, 4.69) is 0 Å².